The Balaban J connectivity index is 1.54. The first-order chi connectivity index (χ1) is 16.6. The maximum absolute atomic E-state index is 13.5. The summed E-state index contributed by atoms with van der Waals surface area (Å²) < 4.78 is 12.7. The number of hydrogen-bond acceptors (Lipinski definition) is 6. The molecule has 0 aliphatic rings. The zero-order chi connectivity index (χ0) is 23.7. The molecule has 1 unspecified atom stereocenters. The van der Waals surface area contributed by atoms with Crippen LogP contribution in [-0.2, 0) is 0 Å². The number of rotatable bonds is 6. The zero-order valence-electron chi connectivity index (χ0n) is 19.0. The van der Waals surface area contributed by atoms with Crippen molar-refractivity contribution in [2.24, 2.45) is 0 Å². The fourth-order valence-electron chi connectivity index (χ4n) is 4.00. The van der Waals surface area contributed by atoms with E-state index in [2.05, 4.69) is 15.5 Å². The first kappa shape index (κ1) is 21.4. The van der Waals surface area contributed by atoms with Crippen molar-refractivity contribution in [2.45, 2.75) is 13.0 Å². The third kappa shape index (κ3) is 3.79. The van der Waals surface area contributed by atoms with Gasteiger partial charge in [0.2, 0.25) is 0 Å². The highest BCUT2D eigenvalue weighted by molar-refractivity contribution is 6.07. The lowest BCUT2D eigenvalue weighted by atomic mass is 10.0. The zero-order valence-corrected chi connectivity index (χ0v) is 19.0. The van der Waals surface area contributed by atoms with Crippen LogP contribution in [0.2, 0.25) is 0 Å². The Morgan fingerprint density at radius 3 is 2.56 bits per heavy atom. The molecule has 8 heteroatoms. The predicted molar refractivity (Wildman–Crippen MR) is 129 cm³/mol. The van der Waals surface area contributed by atoms with Crippen LogP contribution in [0.5, 0.6) is 11.5 Å². The summed E-state index contributed by atoms with van der Waals surface area (Å²) in [7, 11) is 3.18. The van der Waals surface area contributed by atoms with Crippen molar-refractivity contribution in [2.75, 3.05) is 14.2 Å². The van der Waals surface area contributed by atoms with Gasteiger partial charge in [0.1, 0.15) is 0 Å². The molecule has 3 heterocycles. The minimum Gasteiger partial charge on any atom is -0.493 e. The van der Waals surface area contributed by atoms with E-state index in [0.29, 0.717) is 28.6 Å². The third-order valence-corrected chi connectivity index (χ3v) is 5.72. The molecular formula is C26H23N5O3. The van der Waals surface area contributed by atoms with Gasteiger partial charge in [-0.25, -0.2) is 4.98 Å². The van der Waals surface area contributed by atoms with Crippen molar-refractivity contribution in [1.82, 2.24) is 24.9 Å². The molecule has 2 aromatic carbocycles. The van der Waals surface area contributed by atoms with Crippen molar-refractivity contribution < 1.29 is 14.3 Å². The molecular weight excluding hydrogens is 430 g/mol. The Kier molecular flexibility index (Phi) is 5.55. The highest BCUT2D eigenvalue weighted by Gasteiger charge is 2.20. The third-order valence-electron chi connectivity index (χ3n) is 5.72. The lowest BCUT2D eigenvalue weighted by molar-refractivity contribution is 0.0939. The average molecular weight is 454 g/mol. The van der Waals surface area contributed by atoms with Crippen molar-refractivity contribution in [1.29, 1.82) is 0 Å². The number of aromatic nitrogens is 4. The molecule has 0 bridgehead atoms. The second kappa shape index (κ2) is 8.82. The first-order valence-corrected chi connectivity index (χ1v) is 10.8. The molecule has 1 atom stereocenters. The number of nitrogens with zero attached hydrogens (tertiary/aromatic N) is 4. The number of ether oxygens (including phenoxy) is 2. The van der Waals surface area contributed by atoms with Crippen LogP contribution in [0.4, 0.5) is 0 Å². The van der Waals surface area contributed by atoms with Gasteiger partial charge in [-0.3, -0.25) is 9.20 Å². The summed E-state index contributed by atoms with van der Waals surface area (Å²) >= 11 is 0. The standard InChI is InChI=1S/C26H23N5O3/c1-16(25-30-29-24-10-6-7-13-31(24)25)27-26(32)19-15-21(28-20-9-5-4-8-18(19)20)17-11-12-22(33-2)23(14-17)34-3/h4-16H,1-3H3,(H,27,32). The van der Waals surface area contributed by atoms with Gasteiger partial charge in [0, 0.05) is 17.1 Å². The van der Waals surface area contributed by atoms with Crippen LogP contribution in [0.3, 0.4) is 0 Å². The summed E-state index contributed by atoms with van der Waals surface area (Å²) in [6, 6.07) is 20.3. The first-order valence-electron chi connectivity index (χ1n) is 10.8. The summed E-state index contributed by atoms with van der Waals surface area (Å²) in [6.07, 6.45) is 1.88. The number of hydrogen-bond donors (Lipinski definition) is 1. The van der Waals surface area contributed by atoms with E-state index in [1.54, 1.807) is 20.3 Å². The molecule has 34 heavy (non-hydrogen) atoms. The van der Waals surface area contributed by atoms with Gasteiger partial charge in [-0.15, -0.1) is 10.2 Å². The second-order valence-electron chi connectivity index (χ2n) is 7.82. The average Bonchev–Trinajstić information content (AvgIpc) is 3.32. The smallest absolute Gasteiger partial charge is 0.252 e. The van der Waals surface area contributed by atoms with Crippen LogP contribution in [0, 0.1) is 0 Å². The quantitative estimate of drug-likeness (QED) is 0.408. The summed E-state index contributed by atoms with van der Waals surface area (Å²) in [5, 5.41) is 12.3. The van der Waals surface area contributed by atoms with Gasteiger partial charge in [-0.1, -0.05) is 24.3 Å². The fourth-order valence-corrected chi connectivity index (χ4v) is 4.00. The summed E-state index contributed by atoms with van der Waals surface area (Å²) in [4.78, 5) is 18.3. The summed E-state index contributed by atoms with van der Waals surface area (Å²) in [5.74, 6) is 1.65. The Morgan fingerprint density at radius 2 is 1.74 bits per heavy atom. The van der Waals surface area contributed by atoms with Gasteiger partial charge < -0.3 is 14.8 Å². The van der Waals surface area contributed by atoms with E-state index in [-0.39, 0.29) is 11.9 Å². The molecule has 5 rings (SSSR count). The van der Waals surface area contributed by atoms with Crippen LogP contribution in [0.15, 0.2) is 72.9 Å². The lowest BCUT2D eigenvalue weighted by Crippen LogP contribution is -2.28. The SMILES string of the molecule is COc1ccc(-c2cc(C(=O)NC(C)c3nnc4ccccn34)c3ccccc3n2)cc1OC. The molecule has 0 aliphatic heterocycles. The molecule has 170 valence electrons. The summed E-state index contributed by atoms with van der Waals surface area (Å²) in [5.41, 5.74) is 3.44. The Bertz CT molecular complexity index is 1510. The molecule has 0 fully saturated rings. The normalized spacial score (nSPS) is 12.0. The van der Waals surface area contributed by atoms with Crippen LogP contribution >= 0.6 is 0 Å². The minimum atomic E-state index is -0.360. The van der Waals surface area contributed by atoms with Crippen molar-refractivity contribution in [3.63, 3.8) is 0 Å². The molecule has 3 aromatic heterocycles. The second-order valence-corrected chi connectivity index (χ2v) is 7.82. The highest BCUT2D eigenvalue weighted by Crippen LogP contribution is 2.33. The number of pyridine rings is 2. The van der Waals surface area contributed by atoms with Gasteiger partial charge >= 0.3 is 0 Å². The van der Waals surface area contributed by atoms with E-state index >= 15 is 0 Å². The number of carbonyl (C=O) groups excluding carboxylic acids is 1. The monoisotopic (exact) mass is 453 g/mol. The maximum Gasteiger partial charge on any atom is 0.252 e. The van der Waals surface area contributed by atoms with Crippen LogP contribution in [0.1, 0.15) is 29.1 Å². The van der Waals surface area contributed by atoms with Crippen LogP contribution < -0.4 is 14.8 Å². The minimum absolute atomic E-state index is 0.222. The number of benzene rings is 2. The van der Waals surface area contributed by atoms with E-state index in [1.165, 1.54) is 0 Å². The number of fused-ring (bicyclic) bond motifs is 2. The molecule has 0 spiro atoms. The van der Waals surface area contributed by atoms with E-state index in [9.17, 15) is 4.79 Å². The van der Waals surface area contributed by atoms with E-state index in [4.69, 9.17) is 14.5 Å². The van der Waals surface area contributed by atoms with Crippen molar-refractivity contribution in [3.05, 3.63) is 84.3 Å². The van der Waals surface area contributed by atoms with Gasteiger partial charge in [0.25, 0.3) is 5.91 Å². The maximum atomic E-state index is 13.5. The summed E-state index contributed by atoms with van der Waals surface area (Å²) in [6.45, 7) is 1.89. The van der Waals surface area contributed by atoms with Crippen molar-refractivity contribution >= 4 is 22.5 Å². The molecule has 5 aromatic rings. The molecule has 0 aliphatic carbocycles. The number of carbonyl (C=O) groups is 1. The van der Waals surface area contributed by atoms with E-state index < -0.39 is 0 Å². The number of methoxy groups -OCH3 is 2. The van der Waals surface area contributed by atoms with Gasteiger partial charge in [-0.2, -0.15) is 0 Å². The molecule has 0 radical (unpaired) electrons. The van der Waals surface area contributed by atoms with Crippen LogP contribution in [-0.4, -0.2) is 39.7 Å². The largest absolute Gasteiger partial charge is 0.493 e. The van der Waals surface area contributed by atoms with Crippen molar-refractivity contribution in [3.8, 4) is 22.8 Å². The highest BCUT2D eigenvalue weighted by atomic mass is 16.5. The van der Waals surface area contributed by atoms with E-state index in [1.807, 2.05) is 78.2 Å². The number of amides is 1. The topological polar surface area (TPSA) is 90.6 Å². The van der Waals surface area contributed by atoms with Gasteiger partial charge in [0.15, 0.2) is 23.0 Å². The molecule has 1 amide bonds. The Labute approximate surface area is 196 Å². The molecule has 8 nitrogen and oxygen atoms in total. The Hall–Kier alpha value is -4.46. The van der Waals surface area contributed by atoms with Gasteiger partial charge in [-0.05, 0) is 49.4 Å². The van der Waals surface area contributed by atoms with E-state index in [0.717, 1.165) is 22.1 Å². The van der Waals surface area contributed by atoms with Crippen LogP contribution in [0.25, 0.3) is 27.8 Å². The number of para-hydroxylation sites is 1. The lowest BCUT2D eigenvalue weighted by Gasteiger charge is -2.15. The van der Waals surface area contributed by atoms with Gasteiger partial charge in [0.05, 0.1) is 37.0 Å². The molecule has 0 saturated heterocycles. The predicted octanol–water partition coefficient (Wildman–Crippen LogP) is 4.45. The molecule has 0 saturated carbocycles. The fraction of sp³-hybridized carbons (Fsp3) is 0.154. The number of nitrogens with one attached hydrogen (secondary N) is 1. The molecule has 1 N–H and O–H groups in total. The Morgan fingerprint density at radius 1 is 0.941 bits per heavy atom.